The van der Waals surface area contributed by atoms with Crippen LogP contribution in [0.1, 0.15) is 18.9 Å². The molecule has 0 spiro atoms. The first-order valence-corrected chi connectivity index (χ1v) is 5.90. The summed E-state index contributed by atoms with van der Waals surface area (Å²) >= 11 is 0. The van der Waals surface area contributed by atoms with E-state index in [1.165, 1.54) is 7.11 Å². The van der Waals surface area contributed by atoms with E-state index in [0.717, 1.165) is 0 Å². The third-order valence-electron chi connectivity index (χ3n) is 3.49. The van der Waals surface area contributed by atoms with Crippen molar-refractivity contribution in [2.45, 2.75) is 18.9 Å². The lowest BCUT2D eigenvalue weighted by molar-refractivity contribution is -0.149. The molecule has 19 heavy (non-hydrogen) atoms. The van der Waals surface area contributed by atoms with E-state index in [4.69, 9.17) is 10.5 Å². The van der Waals surface area contributed by atoms with E-state index in [9.17, 15) is 9.59 Å². The van der Waals surface area contributed by atoms with Crippen LogP contribution >= 0.6 is 0 Å². The highest BCUT2D eigenvalue weighted by Gasteiger charge is 2.37. The van der Waals surface area contributed by atoms with E-state index in [1.807, 2.05) is 0 Å². The van der Waals surface area contributed by atoms with Gasteiger partial charge in [0, 0.05) is 6.04 Å². The van der Waals surface area contributed by atoms with Crippen LogP contribution in [-0.4, -0.2) is 32.6 Å². The van der Waals surface area contributed by atoms with Crippen LogP contribution in [0.15, 0.2) is 11.1 Å². The van der Waals surface area contributed by atoms with Gasteiger partial charge in [-0.15, -0.1) is 0 Å². The molecule has 1 fully saturated rings. The standard InChI is InChI=1S/C11H13N5O3/c1-19-10(18)5-2-6(3-5)16-4-13-7-8(16)14-11(12)15-9(7)17/h4-6H,2-3H2,1H3,(H3,12,14,15,17). The van der Waals surface area contributed by atoms with Gasteiger partial charge in [0.1, 0.15) is 0 Å². The average molecular weight is 263 g/mol. The number of nitrogens with one attached hydrogen (secondary N) is 1. The number of H-pyrrole nitrogens is 1. The van der Waals surface area contributed by atoms with Gasteiger partial charge < -0.3 is 15.0 Å². The third-order valence-corrected chi connectivity index (χ3v) is 3.49. The van der Waals surface area contributed by atoms with Gasteiger partial charge in [-0.25, -0.2) is 4.98 Å². The van der Waals surface area contributed by atoms with E-state index in [-0.39, 0.29) is 35.0 Å². The van der Waals surface area contributed by atoms with Crippen molar-refractivity contribution in [3.05, 3.63) is 16.7 Å². The number of aromatic amines is 1. The van der Waals surface area contributed by atoms with Gasteiger partial charge in [-0.2, -0.15) is 4.98 Å². The van der Waals surface area contributed by atoms with E-state index >= 15 is 0 Å². The Morgan fingerprint density at radius 2 is 2.32 bits per heavy atom. The number of hydrogen-bond acceptors (Lipinski definition) is 6. The van der Waals surface area contributed by atoms with Gasteiger partial charge in [0.05, 0.1) is 19.4 Å². The SMILES string of the molecule is COC(=O)C1CC(n2cnc3c(=O)[nH]c(N)nc32)C1. The molecule has 3 rings (SSSR count). The number of fused-ring (bicyclic) bond motifs is 1. The molecule has 3 N–H and O–H groups in total. The number of methoxy groups -OCH3 is 1. The van der Waals surface area contributed by atoms with Gasteiger partial charge in [0.2, 0.25) is 5.95 Å². The zero-order valence-electron chi connectivity index (χ0n) is 10.3. The zero-order valence-corrected chi connectivity index (χ0v) is 10.3. The van der Waals surface area contributed by atoms with Gasteiger partial charge in [-0.1, -0.05) is 0 Å². The Kier molecular flexibility index (Phi) is 2.51. The summed E-state index contributed by atoms with van der Waals surface area (Å²) < 4.78 is 6.48. The molecule has 0 aliphatic heterocycles. The van der Waals surface area contributed by atoms with Crippen LogP contribution < -0.4 is 11.3 Å². The van der Waals surface area contributed by atoms with Crippen molar-refractivity contribution in [2.75, 3.05) is 12.8 Å². The molecule has 0 atom stereocenters. The minimum atomic E-state index is -0.356. The van der Waals surface area contributed by atoms with Crippen LogP contribution in [0.3, 0.4) is 0 Å². The number of anilines is 1. The van der Waals surface area contributed by atoms with E-state index < -0.39 is 0 Å². The molecule has 0 unspecified atom stereocenters. The smallest absolute Gasteiger partial charge is 0.308 e. The maximum Gasteiger partial charge on any atom is 0.308 e. The van der Waals surface area contributed by atoms with Crippen molar-refractivity contribution in [1.29, 1.82) is 0 Å². The molecule has 0 saturated heterocycles. The number of imidazole rings is 1. The predicted molar refractivity (Wildman–Crippen MR) is 66.3 cm³/mol. The molecule has 2 aromatic rings. The molecule has 0 aromatic carbocycles. The lowest BCUT2D eigenvalue weighted by Crippen LogP contribution is -2.33. The molecule has 1 aliphatic carbocycles. The van der Waals surface area contributed by atoms with E-state index in [1.54, 1.807) is 10.9 Å². The van der Waals surface area contributed by atoms with Crippen molar-refractivity contribution < 1.29 is 9.53 Å². The summed E-state index contributed by atoms with van der Waals surface area (Å²) in [7, 11) is 1.38. The molecule has 1 saturated carbocycles. The number of hydrogen-bond donors (Lipinski definition) is 2. The van der Waals surface area contributed by atoms with Crippen LogP contribution in [0.25, 0.3) is 11.2 Å². The summed E-state index contributed by atoms with van der Waals surface area (Å²) in [4.78, 5) is 33.5. The number of carbonyl (C=O) groups excluding carboxylic acids is 1. The van der Waals surface area contributed by atoms with Crippen LogP contribution in [-0.2, 0) is 9.53 Å². The largest absolute Gasteiger partial charge is 0.469 e. The highest BCUT2D eigenvalue weighted by Crippen LogP contribution is 2.39. The number of rotatable bonds is 2. The lowest BCUT2D eigenvalue weighted by atomic mass is 9.80. The maximum absolute atomic E-state index is 11.6. The summed E-state index contributed by atoms with van der Waals surface area (Å²) in [6.07, 6.45) is 2.88. The van der Waals surface area contributed by atoms with Crippen molar-refractivity contribution >= 4 is 23.1 Å². The Morgan fingerprint density at radius 3 is 3.00 bits per heavy atom. The van der Waals surface area contributed by atoms with Crippen LogP contribution in [0.5, 0.6) is 0 Å². The molecular formula is C11H13N5O3. The molecule has 100 valence electrons. The Labute approximate surface area is 107 Å². The summed E-state index contributed by atoms with van der Waals surface area (Å²) in [6, 6.07) is 0.0998. The number of carbonyl (C=O) groups is 1. The topological polar surface area (TPSA) is 116 Å². The summed E-state index contributed by atoms with van der Waals surface area (Å²) in [5.41, 5.74) is 5.88. The number of aromatic nitrogens is 4. The maximum atomic E-state index is 11.6. The fourth-order valence-electron chi connectivity index (χ4n) is 2.38. The second-order valence-corrected chi connectivity index (χ2v) is 4.62. The molecule has 0 amide bonds. The molecule has 8 heteroatoms. The second-order valence-electron chi connectivity index (χ2n) is 4.62. The second kappa shape index (κ2) is 4.08. The van der Waals surface area contributed by atoms with Gasteiger partial charge in [-0.05, 0) is 12.8 Å². The first-order chi connectivity index (χ1) is 9.10. The predicted octanol–water partition coefficient (Wildman–Crippen LogP) is -0.174. The highest BCUT2D eigenvalue weighted by molar-refractivity contribution is 5.74. The minimum Gasteiger partial charge on any atom is -0.469 e. The van der Waals surface area contributed by atoms with Gasteiger partial charge >= 0.3 is 5.97 Å². The van der Waals surface area contributed by atoms with Crippen LogP contribution in [0.4, 0.5) is 5.95 Å². The average Bonchev–Trinajstić information content (AvgIpc) is 2.71. The molecular weight excluding hydrogens is 250 g/mol. The van der Waals surface area contributed by atoms with Crippen LogP contribution in [0.2, 0.25) is 0 Å². The van der Waals surface area contributed by atoms with Crippen molar-refractivity contribution in [3.8, 4) is 0 Å². The monoisotopic (exact) mass is 263 g/mol. The van der Waals surface area contributed by atoms with Gasteiger partial charge in [-0.3, -0.25) is 14.6 Å². The summed E-state index contributed by atoms with van der Waals surface area (Å²) in [5, 5.41) is 0. The first kappa shape index (κ1) is 11.7. The number of ether oxygens (including phenoxy) is 1. The summed E-state index contributed by atoms with van der Waals surface area (Å²) in [5.74, 6) is -0.235. The minimum absolute atomic E-state index is 0.0584. The molecule has 8 nitrogen and oxygen atoms in total. The normalized spacial score (nSPS) is 22.2. The molecule has 1 aliphatic rings. The molecule has 0 radical (unpaired) electrons. The molecule has 2 heterocycles. The highest BCUT2D eigenvalue weighted by atomic mass is 16.5. The van der Waals surface area contributed by atoms with Crippen LogP contribution in [0, 0.1) is 5.92 Å². The fraction of sp³-hybridized carbons (Fsp3) is 0.455. The Hall–Kier alpha value is -2.38. The van der Waals surface area contributed by atoms with E-state index in [2.05, 4.69) is 15.0 Å². The Morgan fingerprint density at radius 1 is 1.58 bits per heavy atom. The van der Waals surface area contributed by atoms with Crippen molar-refractivity contribution in [2.24, 2.45) is 5.92 Å². The zero-order chi connectivity index (χ0) is 13.6. The molecule has 2 aromatic heterocycles. The first-order valence-electron chi connectivity index (χ1n) is 5.90. The Balaban J connectivity index is 1.92. The van der Waals surface area contributed by atoms with Gasteiger partial charge in [0.25, 0.3) is 5.56 Å². The van der Waals surface area contributed by atoms with Crippen molar-refractivity contribution in [3.63, 3.8) is 0 Å². The number of esters is 1. The summed E-state index contributed by atoms with van der Waals surface area (Å²) in [6.45, 7) is 0. The van der Waals surface area contributed by atoms with Crippen molar-refractivity contribution in [1.82, 2.24) is 19.5 Å². The quantitative estimate of drug-likeness (QED) is 0.726. The van der Waals surface area contributed by atoms with E-state index in [0.29, 0.717) is 18.5 Å². The Bertz CT molecular complexity index is 698. The third kappa shape index (κ3) is 1.76. The lowest BCUT2D eigenvalue weighted by Gasteiger charge is -2.34. The number of nitrogens with zero attached hydrogens (tertiary/aromatic N) is 3. The molecule has 0 bridgehead atoms. The number of nitrogens with two attached hydrogens (primary N) is 1. The van der Waals surface area contributed by atoms with Gasteiger partial charge in [0.15, 0.2) is 11.2 Å². The number of nitrogen functional groups attached to an aromatic ring is 1. The fourth-order valence-corrected chi connectivity index (χ4v) is 2.38.